The maximum Gasteiger partial charge on any atom is 0.277 e. The molecule has 1 N–H and O–H groups in total. The van der Waals surface area contributed by atoms with Crippen LogP contribution in [-0.2, 0) is 0 Å². The molecule has 0 saturated heterocycles. The monoisotopic (exact) mass is 276 g/mol. The molecule has 2 aromatic carbocycles. The van der Waals surface area contributed by atoms with Gasteiger partial charge in [0.15, 0.2) is 0 Å². The van der Waals surface area contributed by atoms with Crippen LogP contribution in [0.5, 0.6) is 0 Å². The Morgan fingerprint density at radius 3 is 2.38 bits per heavy atom. The van der Waals surface area contributed by atoms with Gasteiger partial charge in [0.2, 0.25) is 0 Å². The first-order chi connectivity index (χ1) is 10.2. The molecule has 0 radical (unpaired) electrons. The lowest BCUT2D eigenvalue weighted by molar-refractivity contribution is 0.0956. The molecule has 0 spiro atoms. The van der Waals surface area contributed by atoms with Gasteiger partial charge in [-0.05, 0) is 17.7 Å². The summed E-state index contributed by atoms with van der Waals surface area (Å²) in [6, 6.07) is 14.8. The first-order valence-corrected chi connectivity index (χ1v) is 6.85. The number of carbonyl (C=O) groups is 2. The molecule has 4 heteroatoms. The first-order valence-electron chi connectivity index (χ1n) is 6.85. The Kier molecular flexibility index (Phi) is 2.51. The number of fused-ring (bicyclic) bond motifs is 2. The molecule has 21 heavy (non-hydrogen) atoms. The van der Waals surface area contributed by atoms with Crippen LogP contribution >= 0.6 is 0 Å². The number of nitrogens with zero attached hydrogens (tertiary/aromatic N) is 1. The largest absolute Gasteiger partial charge is 0.345 e. The van der Waals surface area contributed by atoms with Gasteiger partial charge in [-0.1, -0.05) is 36.4 Å². The Morgan fingerprint density at radius 2 is 1.57 bits per heavy atom. The van der Waals surface area contributed by atoms with Gasteiger partial charge in [-0.25, -0.2) is 4.99 Å². The van der Waals surface area contributed by atoms with Crippen LogP contribution in [0, 0.1) is 0 Å². The van der Waals surface area contributed by atoms with Crippen molar-refractivity contribution in [3.05, 3.63) is 70.8 Å². The molecule has 2 aliphatic heterocycles. The van der Waals surface area contributed by atoms with E-state index in [9.17, 15) is 9.59 Å². The molecule has 2 amide bonds. The second-order valence-corrected chi connectivity index (χ2v) is 5.23. The molecule has 4 nitrogen and oxygen atoms in total. The van der Waals surface area contributed by atoms with Gasteiger partial charge >= 0.3 is 0 Å². The van der Waals surface area contributed by atoms with Gasteiger partial charge < -0.3 is 5.32 Å². The van der Waals surface area contributed by atoms with E-state index < -0.39 is 0 Å². The fourth-order valence-electron chi connectivity index (χ4n) is 3.00. The van der Waals surface area contributed by atoms with E-state index in [2.05, 4.69) is 10.3 Å². The van der Waals surface area contributed by atoms with Gasteiger partial charge in [-0.3, -0.25) is 9.59 Å². The molecule has 1 unspecified atom stereocenters. The average molecular weight is 276 g/mol. The Hall–Kier alpha value is -2.75. The highest BCUT2D eigenvalue weighted by Crippen LogP contribution is 2.31. The zero-order chi connectivity index (χ0) is 14.4. The first kappa shape index (κ1) is 12.0. The minimum absolute atomic E-state index is 0.0613. The Bertz CT molecular complexity index is 808. The molecule has 2 aromatic rings. The molecule has 0 aliphatic carbocycles. The summed E-state index contributed by atoms with van der Waals surface area (Å²) in [6.07, 6.45) is 0.533. The second kappa shape index (κ2) is 4.38. The summed E-state index contributed by atoms with van der Waals surface area (Å²) in [6.45, 7) is 0. The van der Waals surface area contributed by atoms with Gasteiger partial charge in [-0.15, -0.1) is 0 Å². The van der Waals surface area contributed by atoms with Crippen molar-refractivity contribution in [1.82, 2.24) is 5.32 Å². The zero-order valence-electron chi connectivity index (χ0n) is 11.2. The second-order valence-electron chi connectivity index (χ2n) is 5.23. The van der Waals surface area contributed by atoms with Gasteiger partial charge in [0.25, 0.3) is 11.8 Å². The lowest BCUT2D eigenvalue weighted by atomic mass is 9.96. The molecular formula is C17H12N2O2. The van der Waals surface area contributed by atoms with Crippen molar-refractivity contribution in [3.63, 3.8) is 0 Å². The number of hydrogen-bond acceptors (Lipinski definition) is 2. The lowest BCUT2D eigenvalue weighted by Gasteiger charge is -2.12. The molecule has 0 bridgehead atoms. The van der Waals surface area contributed by atoms with E-state index in [-0.39, 0.29) is 17.9 Å². The van der Waals surface area contributed by atoms with Crippen LogP contribution in [0.25, 0.3) is 0 Å². The van der Waals surface area contributed by atoms with E-state index in [0.29, 0.717) is 17.5 Å². The fourth-order valence-corrected chi connectivity index (χ4v) is 3.00. The summed E-state index contributed by atoms with van der Waals surface area (Å²) >= 11 is 0. The number of benzene rings is 2. The smallest absolute Gasteiger partial charge is 0.277 e. The fraction of sp³-hybridized carbons (Fsp3) is 0.118. The minimum atomic E-state index is -0.196. The van der Waals surface area contributed by atoms with E-state index in [1.54, 1.807) is 6.07 Å². The molecular weight excluding hydrogens is 264 g/mol. The quantitative estimate of drug-likeness (QED) is 0.916. The topological polar surface area (TPSA) is 58.5 Å². The van der Waals surface area contributed by atoms with Crippen LogP contribution in [0.2, 0.25) is 0 Å². The van der Waals surface area contributed by atoms with Crippen molar-refractivity contribution in [1.29, 1.82) is 0 Å². The van der Waals surface area contributed by atoms with Crippen molar-refractivity contribution in [2.45, 2.75) is 12.5 Å². The molecule has 2 heterocycles. The van der Waals surface area contributed by atoms with Gasteiger partial charge in [0, 0.05) is 17.5 Å². The predicted molar refractivity (Wildman–Crippen MR) is 78.6 cm³/mol. The standard InChI is InChI=1S/C17H12N2O2/c20-16-12-7-3-1-5-10(12)14(18-16)9-15-11-6-2-4-8-13(11)17(21)19-15/h1-8,14H,9H2,(H,18,20). The number of carbonyl (C=O) groups excluding carboxylic acids is 2. The van der Waals surface area contributed by atoms with Gasteiger partial charge in [0.1, 0.15) is 0 Å². The zero-order valence-corrected chi connectivity index (χ0v) is 11.2. The van der Waals surface area contributed by atoms with E-state index in [4.69, 9.17) is 0 Å². The summed E-state index contributed by atoms with van der Waals surface area (Å²) in [7, 11) is 0. The highest BCUT2D eigenvalue weighted by molar-refractivity contribution is 6.21. The van der Waals surface area contributed by atoms with Crippen molar-refractivity contribution >= 4 is 17.5 Å². The van der Waals surface area contributed by atoms with Crippen LogP contribution in [0.4, 0.5) is 0 Å². The molecule has 4 rings (SSSR count). The summed E-state index contributed by atoms with van der Waals surface area (Å²) in [4.78, 5) is 28.0. The number of nitrogens with one attached hydrogen (secondary N) is 1. The average Bonchev–Trinajstić information content (AvgIpc) is 3.00. The van der Waals surface area contributed by atoms with E-state index >= 15 is 0 Å². The SMILES string of the molecule is O=C1N=C(CC2NC(=O)c3ccccc32)c2ccccc21. The normalized spacial score (nSPS) is 19.0. The van der Waals surface area contributed by atoms with Crippen molar-refractivity contribution in [2.75, 3.05) is 0 Å². The maximum atomic E-state index is 11.9. The third-order valence-electron chi connectivity index (χ3n) is 3.99. The van der Waals surface area contributed by atoms with Gasteiger partial charge in [0.05, 0.1) is 17.3 Å². The molecule has 0 fully saturated rings. The molecule has 0 saturated carbocycles. The highest BCUT2D eigenvalue weighted by atomic mass is 16.2. The number of rotatable bonds is 2. The van der Waals surface area contributed by atoms with Crippen molar-refractivity contribution < 1.29 is 9.59 Å². The lowest BCUT2D eigenvalue weighted by Crippen LogP contribution is -2.21. The third-order valence-corrected chi connectivity index (χ3v) is 3.99. The van der Waals surface area contributed by atoms with Crippen LogP contribution < -0.4 is 5.32 Å². The van der Waals surface area contributed by atoms with E-state index in [0.717, 1.165) is 16.8 Å². The predicted octanol–water partition coefficient (Wildman–Crippen LogP) is 2.50. The number of amides is 2. The summed E-state index contributed by atoms with van der Waals surface area (Å²) < 4.78 is 0. The summed E-state index contributed by atoms with van der Waals surface area (Å²) in [5, 5.41) is 2.96. The Labute approximate surface area is 121 Å². The van der Waals surface area contributed by atoms with Crippen LogP contribution in [0.15, 0.2) is 53.5 Å². The molecule has 2 aliphatic rings. The summed E-state index contributed by atoms with van der Waals surface area (Å²) in [5.41, 5.74) is 3.95. The van der Waals surface area contributed by atoms with E-state index in [1.807, 2.05) is 42.5 Å². The van der Waals surface area contributed by atoms with Crippen LogP contribution in [-0.4, -0.2) is 17.5 Å². The van der Waals surface area contributed by atoms with Crippen molar-refractivity contribution in [3.8, 4) is 0 Å². The van der Waals surface area contributed by atoms with Crippen molar-refractivity contribution in [2.24, 2.45) is 4.99 Å². The van der Waals surface area contributed by atoms with E-state index in [1.165, 1.54) is 0 Å². The number of hydrogen-bond donors (Lipinski definition) is 1. The van der Waals surface area contributed by atoms with Crippen LogP contribution in [0.3, 0.4) is 0 Å². The maximum absolute atomic E-state index is 11.9. The Balaban J connectivity index is 1.69. The Morgan fingerprint density at radius 1 is 0.905 bits per heavy atom. The molecule has 0 aromatic heterocycles. The molecule has 102 valence electrons. The third kappa shape index (κ3) is 1.80. The number of aliphatic imine (C=N–C) groups is 1. The van der Waals surface area contributed by atoms with Gasteiger partial charge in [-0.2, -0.15) is 0 Å². The van der Waals surface area contributed by atoms with Crippen LogP contribution in [0.1, 0.15) is 44.3 Å². The summed E-state index contributed by atoms with van der Waals surface area (Å²) in [5.74, 6) is -0.257. The molecule has 1 atom stereocenters. The highest BCUT2D eigenvalue weighted by Gasteiger charge is 2.31. The minimum Gasteiger partial charge on any atom is -0.345 e.